The minimum atomic E-state index is -1.00. The van der Waals surface area contributed by atoms with E-state index < -0.39 is 18.0 Å². The highest BCUT2D eigenvalue weighted by atomic mass is 19.1. The van der Waals surface area contributed by atoms with Gasteiger partial charge in [0.1, 0.15) is 18.5 Å². The minimum Gasteiger partial charge on any atom is -0.386 e. The number of rotatable bonds is 6. The Bertz CT molecular complexity index is 914. The van der Waals surface area contributed by atoms with Crippen LogP contribution in [0.1, 0.15) is 36.5 Å². The number of carbonyl (C=O) groups excluding carboxylic acids is 2. The van der Waals surface area contributed by atoms with Gasteiger partial charge in [0, 0.05) is 23.7 Å². The van der Waals surface area contributed by atoms with Crippen LogP contribution in [0.4, 0.5) is 10.1 Å². The lowest BCUT2D eigenvalue weighted by molar-refractivity contribution is -0.155. The molecule has 1 aliphatic heterocycles. The van der Waals surface area contributed by atoms with Crippen molar-refractivity contribution in [2.75, 3.05) is 18.5 Å². The number of nitrogens with one attached hydrogen (secondary N) is 1. The van der Waals surface area contributed by atoms with Gasteiger partial charge in [-0.25, -0.2) is 4.39 Å². The molecule has 6 nitrogen and oxygen atoms in total. The van der Waals surface area contributed by atoms with Crippen LogP contribution in [-0.2, 0) is 20.9 Å². The van der Waals surface area contributed by atoms with Crippen molar-refractivity contribution in [1.82, 2.24) is 4.90 Å². The Morgan fingerprint density at radius 1 is 1.20 bits per heavy atom. The average Bonchev–Trinajstić information content (AvgIpc) is 2.70. The quantitative estimate of drug-likeness (QED) is 0.765. The van der Waals surface area contributed by atoms with Gasteiger partial charge in [0.2, 0.25) is 11.8 Å². The number of ether oxygens (including phenoxy) is 1. The van der Waals surface area contributed by atoms with Gasteiger partial charge in [0.15, 0.2) is 0 Å². The molecule has 2 atom stereocenters. The van der Waals surface area contributed by atoms with Crippen LogP contribution in [0.5, 0.6) is 0 Å². The monoisotopic (exact) mass is 412 g/mol. The molecular weight excluding hydrogens is 387 g/mol. The molecule has 2 amide bonds. The van der Waals surface area contributed by atoms with Crippen molar-refractivity contribution >= 4 is 17.5 Å². The van der Waals surface area contributed by atoms with Crippen LogP contribution < -0.4 is 5.32 Å². The Kier molecular flexibility index (Phi) is 6.11. The molecule has 0 aromatic heterocycles. The van der Waals surface area contributed by atoms with Crippen LogP contribution in [0.15, 0.2) is 48.5 Å². The van der Waals surface area contributed by atoms with E-state index in [9.17, 15) is 19.1 Å². The molecule has 7 heteroatoms. The molecule has 158 valence electrons. The van der Waals surface area contributed by atoms with Gasteiger partial charge in [-0.1, -0.05) is 36.8 Å². The molecule has 1 saturated carbocycles. The second kappa shape index (κ2) is 8.93. The molecule has 2 aromatic carbocycles. The average molecular weight is 412 g/mol. The van der Waals surface area contributed by atoms with Crippen LogP contribution in [-0.4, -0.2) is 41.1 Å². The number of morpholine rings is 1. The Morgan fingerprint density at radius 2 is 1.93 bits per heavy atom. The molecular formula is C23H25FN2O4. The summed E-state index contributed by atoms with van der Waals surface area (Å²) in [6.07, 6.45) is 1.94. The number of amides is 2. The van der Waals surface area contributed by atoms with Crippen LogP contribution in [0.25, 0.3) is 0 Å². The normalized spacial score (nSPS) is 20.5. The standard InChI is InChI=1S/C23H25FN2O4/c24-19-7-2-1-4-17(19)12-26-20(13-30-14-21(26)27)22(28)15-8-10-18(11-9-15)25-23(29)16-5-3-6-16/h1-2,4,7-11,16,20,22,28H,3,5-6,12-14H2,(H,25,29)/t20-,22-/m1/s1. The molecule has 1 saturated heterocycles. The third-order valence-corrected chi connectivity index (χ3v) is 5.89. The first-order valence-corrected chi connectivity index (χ1v) is 10.2. The van der Waals surface area contributed by atoms with E-state index in [-0.39, 0.29) is 37.5 Å². The Hall–Kier alpha value is -2.77. The van der Waals surface area contributed by atoms with Crippen LogP contribution in [0.2, 0.25) is 0 Å². The van der Waals surface area contributed by atoms with Gasteiger partial charge in [0.05, 0.1) is 12.6 Å². The third kappa shape index (κ3) is 4.37. The Balaban J connectivity index is 1.47. The van der Waals surface area contributed by atoms with Crippen molar-refractivity contribution in [3.05, 3.63) is 65.5 Å². The maximum absolute atomic E-state index is 14.1. The molecule has 4 rings (SSSR count). The molecule has 0 unspecified atom stereocenters. The first-order valence-electron chi connectivity index (χ1n) is 10.2. The van der Waals surface area contributed by atoms with E-state index in [0.717, 1.165) is 19.3 Å². The fraction of sp³-hybridized carbons (Fsp3) is 0.391. The number of aliphatic hydroxyl groups excluding tert-OH is 1. The molecule has 30 heavy (non-hydrogen) atoms. The molecule has 2 aromatic rings. The van der Waals surface area contributed by atoms with Crippen molar-refractivity contribution in [2.24, 2.45) is 5.92 Å². The molecule has 2 N–H and O–H groups in total. The van der Waals surface area contributed by atoms with E-state index in [1.54, 1.807) is 42.5 Å². The molecule has 2 aliphatic rings. The fourth-order valence-electron chi connectivity index (χ4n) is 3.80. The lowest BCUT2D eigenvalue weighted by atomic mass is 9.85. The van der Waals surface area contributed by atoms with Crippen LogP contribution >= 0.6 is 0 Å². The van der Waals surface area contributed by atoms with E-state index in [1.807, 2.05) is 0 Å². The van der Waals surface area contributed by atoms with Crippen LogP contribution in [0, 0.1) is 11.7 Å². The number of halogens is 1. The predicted octanol–water partition coefficient (Wildman–Crippen LogP) is 3.03. The summed E-state index contributed by atoms with van der Waals surface area (Å²) in [4.78, 5) is 26.0. The highest BCUT2D eigenvalue weighted by molar-refractivity contribution is 5.93. The number of hydrogen-bond donors (Lipinski definition) is 2. The zero-order chi connectivity index (χ0) is 21.1. The summed E-state index contributed by atoms with van der Waals surface area (Å²) >= 11 is 0. The van der Waals surface area contributed by atoms with E-state index in [4.69, 9.17) is 4.74 Å². The van der Waals surface area contributed by atoms with E-state index in [0.29, 0.717) is 16.8 Å². The highest BCUT2D eigenvalue weighted by Crippen LogP contribution is 2.29. The van der Waals surface area contributed by atoms with Crippen molar-refractivity contribution in [2.45, 2.75) is 38.0 Å². The Labute approximate surface area is 174 Å². The van der Waals surface area contributed by atoms with Crippen molar-refractivity contribution < 1.29 is 23.8 Å². The second-order valence-corrected chi connectivity index (χ2v) is 7.88. The number of carbonyl (C=O) groups is 2. The number of nitrogens with zero attached hydrogens (tertiary/aromatic N) is 1. The summed E-state index contributed by atoms with van der Waals surface area (Å²) in [5.74, 6) is -0.570. The second-order valence-electron chi connectivity index (χ2n) is 7.88. The van der Waals surface area contributed by atoms with Crippen LogP contribution in [0.3, 0.4) is 0 Å². The van der Waals surface area contributed by atoms with Crippen molar-refractivity contribution in [3.63, 3.8) is 0 Å². The zero-order valence-corrected chi connectivity index (χ0v) is 16.6. The number of anilines is 1. The lowest BCUT2D eigenvalue weighted by Gasteiger charge is -2.38. The van der Waals surface area contributed by atoms with Gasteiger partial charge in [-0.05, 0) is 36.6 Å². The fourth-order valence-corrected chi connectivity index (χ4v) is 3.80. The van der Waals surface area contributed by atoms with Gasteiger partial charge < -0.3 is 20.1 Å². The highest BCUT2D eigenvalue weighted by Gasteiger charge is 2.35. The smallest absolute Gasteiger partial charge is 0.249 e. The van der Waals surface area contributed by atoms with E-state index in [1.165, 1.54) is 11.0 Å². The summed E-state index contributed by atoms with van der Waals surface area (Å²) in [6, 6.07) is 12.6. The molecule has 0 spiro atoms. The van der Waals surface area contributed by atoms with E-state index in [2.05, 4.69) is 5.32 Å². The first kappa shape index (κ1) is 20.5. The predicted molar refractivity (Wildman–Crippen MR) is 109 cm³/mol. The first-order chi connectivity index (χ1) is 14.5. The topological polar surface area (TPSA) is 78.9 Å². The van der Waals surface area contributed by atoms with Gasteiger partial charge >= 0.3 is 0 Å². The number of benzene rings is 2. The number of aliphatic hydroxyl groups is 1. The molecule has 0 radical (unpaired) electrons. The SMILES string of the molecule is O=C(Nc1ccc([C@@H](O)[C@H]2COCC(=O)N2Cc2ccccc2F)cc1)C1CCC1. The summed E-state index contributed by atoms with van der Waals surface area (Å²) in [6.45, 7) is 0.122. The largest absolute Gasteiger partial charge is 0.386 e. The van der Waals surface area contributed by atoms with Gasteiger partial charge in [-0.3, -0.25) is 9.59 Å². The summed E-state index contributed by atoms with van der Waals surface area (Å²) < 4.78 is 19.4. The molecule has 0 bridgehead atoms. The molecule has 1 heterocycles. The van der Waals surface area contributed by atoms with Gasteiger partial charge in [-0.2, -0.15) is 0 Å². The minimum absolute atomic E-state index is 0.0249. The molecule has 1 aliphatic carbocycles. The maximum atomic E-state index is 14.1. The maximum Gasteiger partial charge on any atom is 0.249 e. The lowest BCUT2D eigenvalue weighted by Crippen LogP contribution is -2.51. The summed E-state index contributed by atoms with van der Waals surface area (Å²) in [7, 11) is 0. The van der Waals surface area contributed by atoms with Gasteiger partial charge in [-0.15, -0.1) is 0 Å². The summed E-state index contributed by atoms with van der Waals surface area (Å²) in [5, 5.41) is 13.8. The molecule has 2 fully saturated rings. The third-order valence-electron chi connectivity index (χ3n) is 5.89. The van der Waals surface area contributed by atoms with Gasteiger partial charge in [0.25, 0.3) is 0 Å². The van der Waals surface area contributed by atoms with Crippen molar-refractivity contribution in [3.8, 4) is 0 Å². The summed E-state index contributed by atoms with van der Waals surface area (Å²) in [5.41, 5.74) is 1.65. The Morgan fingerprint density at radius 3 is 2.60 bits per heavy atom. The number of hydrogen-bond acceptors (Lipinski definition) is 4. The zero-order valence-electron chi connectivity index (χ0n) is 16.6. The van der Waals surface area contributed by atoms with E-state index >= 15 is 0 Å². The van der Waals surface area contributed by atoms with Crippen molar-refractivity contribution in [1.29, 1.82) is 0 Å².